The first-order valence-electron chi connectivity index (χ1n) is 10.4. The quantitative estimate of drug-likeness (QED) is 0.294. The first-order chi connectivity index (χ1) is 15.8. The SMILES string of the molecule is CC(c1ccc(C(=O)N[C@@H](Cc2ccccc2)C(=O)O)cc1)c1c[nH]c2nc(N)[nH]c(=O)c12. The molecule has 4 rings (SSSR count). The molecule has 2 heterocycles. The molecule has 0 bridgehead atoms. The van der Waals surface area contributed by atoms with Crippen LogP contribution >= 0.6 is 0 Å². The van der Waals surface area contributed by atoms with Crippen molar-refractivity contribution in [3.8, 4) is 0 Å². The van der Waals surface area contributed by atoms with Gasteiger partial charge in [0.15, 0.2) is 0 Å². The molecule has 0 spiro atoms. The molecule has 1 amide bonds. The Bertz CT molecular complexity index is 1360. The Morgan fingerprint density at radius 3 is 2.48 bits per heavy atom. The molecule has 0 fully saturated rings. The molecule has 0 aliphatic rings. The summed E-state index contributed by atoms with van der Waals surface area (Å²) in [6.45, 7) is 1.94. The Hall–Kier alpha value is -4.40. The Labute approximate surface area is 188 Å². The van der Waals surface area contributed by atoms with E-state index in [2.05, 4.69) is 20.3 Å². The van der Waals surface area contributed by atoms with Crippen molar-refractivity contribution in [1.29, 1.82) is 0 Å². The van der Waals surface area contributed by atoms with Gasteiger partial charge in [0, 0.05) is 24.1 Å². The van der Waals surface area contributed by atoms with Gasteiger partial charge in [0.05, 0.1) is 5.39 Å². The number of benzene rings is 2. The predicted octanol–water partition coefficient (Wildman–Crippen LogP) is 2.41. The van der Waals surface area contributed by atoms with Gasteiger partial charge in [0.2, 0.25) is 5.95 Å². The number of carboxylic acids is 1. The summed E-state index contributed by atoms with van der Waals surface area (Å²) in [7, 11) is 0. The average molecular weight is 445 g/mol. The number of hydrogen-bond donors (Lipinski definition) is 5. The van der Waals surface area contributed by atoms with E-state index in [0.717, 1.165) is 16.7 Å². The minimum absolute atomic E-state index is 0.0378. The zero-order valence-corrected chi connectivity index (χ0v) is 17.8. The predicted molar refractivity (Wildman–Crippen MR) is 124 cm³/mol. The van der Waals surface area contributed by atoms with Gasteiger partial charge in [0.25, 0.3) is 11.5 Å². The van der Waals surface area contributed by atoms with Crippen molar-refractivity contribution >= 4 is 28.9 Å². The zero-order chi connectivity index (χ0) is 23.5. The Morgan fingerprint density at radius 1 is 1.12 bits per heavy atom. The van der Waals surface area contributed by atoms with E-state index in [0.29, 0.717) is 16.6 Å². The molecule has 168 valence electrons. The van der Waals surface area contributed by atoms with Crippen molar-refractivity contribution < 1.29 is 14.7 Å². The number of nitrogen functional groups attached to an aromatic ring is 1. The maximum atomic E-state index is 12.7. The monoisotopic (exact) mass is 445 g/mol. The van der Waals surface area contributed by atoms with E-state index < -0.39 is 17.9 Å². The number of carbonyl (C=O) groups excluding carboxylic acids is 1. The van der Waals surface area contributed by atoms with E-state index in [-0.39, 0.29) is 23.8 Å². The minimum atomic E-state index is -1.10. The second-order valence-electron chi connectivity index (χ2n) is 7.82. The van der Waals surface area contributed by atoms with Gasteiger partial charge in [-0.1, -0.05) is 49.4 Å². The van der Waals surface area contributed by atoms with E-state index in [1.165, 1.54) is 0 Å². The number of H-pyrrole nitrogens is 2. The van der Waals surface area contributed by atoms with Gasteiger partial charge in [0.1, 0.15) is 11.7 Å². The molecular weight excluding hydrogens is 422 g/mol. The maximum absolute atomic E-state index is 12.7. The zero-order valence-electron chi connectivity index (χ0n) is 17.8. The number of anilines is 1. The molecule has 6 N–H and O–H groups in total. The molecule has 9 heteroatoms. The molecular formula is C24H23N5O4. The average Bonchev–Trinajstić information content (AvgIpc) is 3.23. The van der Waals surface area contributed by atoms with Crippen LogP contribution in [-0.4, -0.2) is 38.0 Å². The lowest BCUT2D eigenvalue weighted by Crippen LogP contribution is -2.42. The summed E-state index contributed by atoms with van der Waals surface area (Å²) in [5, 5.41) is 12.5. The molecule has 4 aromatic rings. The third-order valence-corrected chi connectivity index (χ3v) is 5.62. The van der Waals surface area contributed by atoms with Crippen LogP contribution in [-0.2, 0) is 11.2 Å². The van der Waals surface area contributed by atoms with Crippen LogP contribution in [0, 0.1) is 0 Å². The van der Waals surface area contributed by atoms with Crippen molar-refractivity contribution in [2.45, 2.75) is 25.3 Å². The van der Waals surface area contributed by atoms with Crippen LogP contribution in [0.5, 0.6) is 0 Å². The maximum Gasteiger partial charge on any atom is 0.326 e. The molecule has 2 atom stereocenters. The summed E-state index contributed by atoms with van der Waals surface area (Å²) in [6.07, 6.45) is 1.91. The smallest absolute Gasteiger partial charge is 0.326 e. The molecule has 2 aromatic carbocycles. The Kier molecular flexibility index (Phi) is 5.95. The van der Waals surface area contributed by atoms with Crippen molar-refractivity contribution in [1.82, 2.24) is 20.3 Å². The van der Waals surface area contributed by atoms with Crippen molar-refractivity contribution in [3.63, 3.8) is 0 Å². The van der Waals surface area contributed by atoms with Gasteiger partial charge in [-0.2, -0.15) is 4.98 Å². The van der Waals surface area contributed by atoms with Crippen LogP contribution in [0.15, 0.2) is 65.6 Å². The van der Waals surface area contributed by atoms with Crippen molar-refractivity contribution in [2.75, 3.05) is 5.73 Å². The van der Waals surface area contributed by atoms with Gasteiger partial charge in [-0.05, 0) is 28.8 Å². The van der Waals surface area contributed by atoms with Gasteiger partial charge in [-0.25, -0.2) is 4.79 Å². The number of fused-ring (bicyclic) bond motifs is 1. The topological polar surface area (TPSA) is 154 Å². The normalized spacial score (nSPS) is 12.9. The number of aromatic amines is 2. The van der Waals surface area contributed by atoms with E-state index in [9.17, 15) is 19.5 Å². The van der Waals surface area contributed by atoms with Crippen LogP contribution in [0.1, 0.15) is 39.9 Å². The van der Waals surface area contributed by atoms with Gasteiger partial charge in [-0.3, -0.25) is 14.6 Å². The summed E-state index contributed by atoms with van der Waals surface area (Å²) >= 11 is 0. The van der Waals surface area contributed by atoms with Crippen molar-refractivity contribution in [2.24, 2.45) is 0 Å². The fourth-order valence-corrected chi connectivity index (χ4v) is 3.82. The highest BCUT2D eigenvalue weighted by atomic mass is 16.4. The summed E-state index contributed by atoms with van der Waals surface area (Å²) in [5.74, 6) is -1.69. The van der Waals surface area contributed by atoms with Crippen LogP contribution in [0.4, 0.5) is 5.95 Å². The lowest BCUT2D eigenvalue weighted by Gasteiger charge is -2.16. The highest BCUT2D eigenvalue weighted by Crippen LogP contribution is 2.28. The van der Waals surface area contributed by atoms with Gasteiger partial charge >= 0.3 is 5.97 Å². The van der Waals surface area contributed by atoms with Crippen molar-refractivity contribution in [3.05, 3.63) is 93.4 Å². The highest BCUT2D eigenvalue weighted by Gasteiger charge is 2.22. The van der Waals surface area contributed by atoms with Crippen LogP contribution in [0.3, 0.4) is 0 Å². The standard InChI is InChI=1S/C24H23N5O4/c1-13(17-12-26-20-19(17)22(31)29-24(25)28-20)15-7-9-16(10-8-15)21(30)27-18(23(32)33)11-14-5-3-2-4-6-14/h2-10,12-13,18H,11H2,1H3,(H,27,30)(H,32,33)(H4,25,26,28,29,31)/t13?,18-/m0/s1. The number of carboxylic acid groups (broad SMARTS) is 1. The van der Waals surface area contributed by atoms with E-state index in [1.807, 2.05) is 37.3 Å². The lowest BCUT2D eigenvalue weighted by molar-refractivity contribution is -0.139. The second-order valence-corrected chi connectivity index (χ2v) is 7.82. The fourth-order valence-electron chi connectivity index (χ4n) is 3.82. The first-order valence-corrected chi connectivity index (χ1v) is 10.4. The molecule has 9 nitrogen and oxygen atoms in total. The number of amides is 1. The summed E-state index contributed by atoms with van der Waals surface area (Å²) in [6, 6.07) is 14.9. The summed E-state index contributed by atoms with van der Waals surface area (Å²) in [5.41, 5.74) is 8.48. The highest BCUT2D eigenvalue weighted by molar-refractivity contribution is 5.96. The van der Waals surface area contributed by atoms with E-state index in [4.69, 9.17) is 5.73 Å². The number of nitrogens with two attached hydrogens (primary N) is 1. The molecule has 0 saturated carbocycles. The summed E-state index contributed by atoms with van der Waals surface area (Å²) in [4.78, 5) is 46.2. The Balaban J connectivity index is 1.51. The number of nitrogens with one attached hydrogen (secondary N) is 3. The lowest BCUT2D eigenvalue weighted by atomic mass is 9.93. The molecule has 1 unspecified atom stereocenters. The number of aliphatic carboxylic acids is 1. The van der Waals surface area contributed by atoms with Gasteiger partial charge < -0.3 is 21.1 Å². The third-order valence-electron chi connectivity index (χ3n) is 5.62. The molecule has 0 radical (unpaired) electrons. The minimum Gasteiger partial charge on any atom is -0.480 e. The third kappa shape index (κ3) is 4.62. The molecule has 0 aliphatic heterocycles. The number of carbonyl (C=O) groups is 2. The largest absolute Gasteiger partial charge is 0.480 e. The van der Waals surface area contributed by atoms with E-state index in [1.54, 1.807) is 30.5 Å². The Morgan fingerprint density at radius 2 is 1.82 bits per heavy atom. The van der Waals surface area contributed by atoms with Gasteiger partial charge in [-0.15, -0.1) is 0 Å². The van der Waals surface area contributed by atoms with Crippen LogP contribution in [0.25, 0.3) is 11.0 Å². The van der Waals surface area contributed by atoms with Crippen LogP contribution in [0.2, 0.25) is 0 Å². The fraction of sp³-hybridized carbons (Fsp3) is 0.167. The number of hydrogen-bond acceptors (Lipinski definition) is 5. The number of rotatable bonds is 7. The molecule has 0 aliphatic carbocycles. The number of aromatic nitrogens is 3. The second kappa shape index (κ2) is 8.99. The molecule has 2 aromatic heterocycles. The van der Waals surface area contributed by atoms with E-state index >= 15 is 0 Å². The molecule has 0 saturated heterocycles. The summed E-state index contributed by atoms with van der Waals surface area (Å²) < 4.78 is 0. The van der Waals surface area contributed by atoms with Crippen LogP contribution < -0.4 is 16.6 Å². The molecule has 33 heavy (non-hydrogen) atoms. The first kappa shape index (κ1) is 21.8. The number of nitrogens with zero attached hydrogens (tertiary/aromatic N) is 1.